The molecule has 103 heavy (non-hydrogen) atoms. The van der Waals surface area contributed by atoms with Crippen LogP contribution < -0.4 is 5.32 Å². The molecule has 2 saturated heterocycles. The van der Waals surface area contributed by atoms with E-state index in [1.54, 1.807) is 6.08 Å². The number of hydrogen-bond donors (Lipinski definition) is 9. The fraction of sp³-hybridized carbons (Fsp3) is 0.921. The predicted octanol–water partition coefficient (Wildman–Crippen LogP) is 21.5. The highest BCUT2D eigenvalue weighted by atomic mass is 16.7. The molecule has 9 N–H and O–H groups in total. The van der Waals surface area contributed by atoms with Crippen molar-refractivity contribution >= 4 is 5.91 Å². The Morgan fingerprint density at radius 3 is 0.951 bits per heavy atom. The smallest absolute Gasteiger partial charge is 0.220 e. The van der Waals surface area contributed by atoms with E-state index in [1.165, 1.54) is 353 Å². The number of nitrogens with one attached hydrogen (secondary N) is 1. The fourth-order valence-corrected chi connectivity index (χ4v) is 15.0. The van der Waals surface area contributed by atoms with E-state index in [0.717, 1.165) is 44.9 Å². The molecular weight excluding hydrogens is 1290 g/mol. The molecule has 12 atom stereocenters. The van der Waals surface area contributed by atoms with E-state index in [2.05, 4.69) is 43.5 Å². The monoisotopic (exact) mass is 1460 g/mol. The molecule has 2 heterocycles. The second-order valence-corrected chi connectivity index (χ2v) is 31.7. The normalized spacial score (nSPS) is 21.7. The molecule has 1 amide bonds. The van der Waals surface area contributed by atoms with Crippen LogP contribution >= 0.6 is 0 Å². The van der Waals surface area contributed by atoms with Crippen LogP contribution in [0.1, 0.15) is 431 Å². The van der Waals surface area contributed by atoms with E-state index in [4.69, 9.17) is 18.9 Å². The molecule has 0 saturated carbocycles. The van der Waals surface area contributed by atoms with E-state index < -0.39 is 86.8 Å². The number of aliphatic hydroxyl groups excluding tert-OH is 8. The molecule has 2 rings (SSSR count). The van der Waals surface area contributed by atoms with Crippen molar-refractivity contribution in [3.05, 3.63) is 36.5 Å². The van der Waals surface area contributed by atoms with Crippen LogP contribution in [-0.4, -0.2) is 140 Å². The van der Waals surface area contributed by atoms with Crippen LogP contribution in [0.3, 0.4) is 0 Å². The van der Waals surface area contributed by atoms with Crippen molar-refractivity contribution in [2.75, 3.05) is 19.8 Å². The summed E-state index contributed by atoms with van der Waals surface area (Å²) in [6, 6.07) is -0.939. The first-order chi connectivity index (χ1) is 50.6. The molecule has 12 unspecified atom stereocenters. The predicted molar refractivity (Wildman–Crippen MR) is 429 cm³/mol. The third kappa shape index (κ3) is 55.3. The highest BCUT2D eigenvalue weighted by Crippen LogP contribution is 2.31. The number of aliphatic hydroxyl groups is 8. The standard InChI is InChI=1S/C89H169NO13/c1-3-5-7-9-11-13-15-17-19-21-23-25-27-29-31-33-35-37-38-39-40-41-43-45-47-49-51-53-55-57-59-61-63-65-67-69-71-73-81(94)90-77(76-100-88-86(99)84(97)87(80(75-92)102-88)103-89-85(98)83(96)82(95)79(74-91)101-89)78(93)72-70-68-66-64-62-60-58-56-54-52-50-48-46-44-42-36-34-32-30-28-26-24-22-20-18-16-14-12-10-8-6-4-2/h54,56,62,64,70,72,77-80,82-89,91-93,95-99H,3-53,55,57-61,63,65-69,71,73-76H2,1-2H3,(H,90,94)/b56-54+,64-62+,72-70+. The zero-order valence-corrected chi connectivity index (χ0v) is 67.1. The minimum absolute atomic E-state index is 0.244. The summed E-state index contributed by atoms with van der Waals surface area (Å²) in [6.07, 6.45) is 81.4. The maximum Gasteiger partial charge on any atom is 0.220 e. The topological polar surface area (TPSA) is 228 Å². The van der Waals surface area contributed by atoms with Crippen LogP contribution in [0, 0.1) is 0 Å². The molecule has 0 spiro atoms. The summed E-state index contributed by atoms with van der Waals surface area (Å²) in [5.74, 6) is -0.244. The Kier molecular flexibility index (Phi) is 69.0. The second-order valence-electron chi connectivity index (χ2n) is 31.7. The quantitative estimate of drug-likeness (QED) is 0.0204. The Bertz CT molecular complexity index is 1870. The van der Waals surface area contributed by atoms with Gasteiger partial charge in [-0.05, 0) is 44.9 Å². The Morgan fingerprint density at radius 1 is 0.340 bits per heavy atom. The number of ether oxygens (including phenoxy) is 4. The molecule has 0 aliphatic carbocycles. The fourth-order valence-electron chi connectivity index (χ4n) is 15.0. The van der Waals surface area contributed by atoms with Gasteiger partial charge in [0.05, 0.1) is 32.0 Å². The summed E-state index contributed by atoms with van der Waals surface area (Å²) in [5, 5.41) is 87.8. The Labute approximate surface area is 633 Å². The SMILES string of the molecule is CCCCCCCCCCCCCCCCCCCCCCCC/C=C/CC/C=C/CC/C=C/C(O)C(COC1OC(CO)C(OC2OC(CO)C(O)C(O)C2O)C(O)C1O)NC(=O)CCCCCCCCCCCCCCCCCCCCCCCCCCCCCCCCCCCCCCC. The minimum atomic E-state index is -1.79. The average Bonchev–Trinajstić information content (AvgIpc) is 0.791. The number of carbonyl (C=O) groups is 1. The van der Waals surface area contributed by atoms with Gasteiger partial charge in [-0.25, -0.2) is 0 Å². The van der Waals surface area contributed by atoms with Crippen molar-refractivity contribution in [1.82, 2.24) is 5.32 Å². The van der Waals surface area contributed by atoms with Crippen LogP contribution in [0.2, 0.25) is 0 Å². The second kappa shape index (κ2) is 73.0. The van der Waals surface area contributed by atoms with Crippen molar-refractivity contribution in [3.63, 3.8) is 0 Å². The molecule has 0 aromatic rings. The first-order valence-corrected chi connectivity index (χ1v) is 44.7. The first kappa shape index (κ1) is 97.3. The molecule has 0 aromatic carbocycles. The number of rotatable bonds is 77. The maximum atomic E-state index is 13.4. The third-order valence-electron chi connectivity index (χ3n) is 22.1. The van der Waals surface area contributed by atoms with Gasteiger partial charge in [-0.15, -0.1) is 0 Å². The largest absolute Gasteiger partial charge is 0.394 e. The van der Waals surface area contributed by atoms with Gasteiger partial charge < -0.3 is 65.1 Å². The Balaban J connectivity index is 1.58. The van der Waals surface area contributed by atoms with Gasteiger partial charge in [0.15, 0.2) is 12.6 Å². The summed E-state index contributed by atoms with van der Waals surface area (Å²) in [7, 11) is 0. The molecule has 2 aliphatic rings. The van der Waals surface area contributed by atoms with Crippen LogP contribution in [0.25, 0.3) is 0 Å². The lowest BCUT2D eigenvalue weighted by Gasteiger charge is -2.46. The van der Waals surface area contributed by atoms with Crippen molar-refractivity contribution < 1.29 is 64.6 Å². The Hall–Kier alpha value is -1.79. The van der Waals surface area contributed by atoms with Crippen LogP contribution in [0.5, 0.6) is 0 Å². The summed E-state index contributed by atoms with van der Waals surface area (Å²) >= 11 is 0. The van der Waals surface area contributed by atoms with Crippen molar-refractivity contribution in [2.45, 2.75) is 505 Å². The van der Waals surface area contributed by atoms with Crippen molar-refractivity contribution in [3.8, 4) is 0 Å². The molecule has 2 aliphatic heterocycles. The summed E-state index contributed by atoms with van der Waals surface area (Å²) in [5.41, 5.74) is 0. The summed E-state index contributed by atoms with van der Waals surface area (Å²) in [4.78, 5) is 13.4. The highest BCUT2D eigenvalue weighted by molar-refractivity contribution is 5.76. The minimum Gasteiger partial charge on any atom is -0.394 e. The zero-order chi connectivity index (χ0) is 74.4. The van der Waals surface area contributed by atoms with Gasteiger partial charge in [-0.2, -0.15) is 0 Å². The molecule has 0 bridgehead atoms. The lowest BCUT2D eigenvalue weighted by atomic mass is 9.97. The van der Waals surface area contributed by atoms with Gasteiger partial charge in [-0.1, -0.05) is 416 Å². The lowest BCUT2D eigenvalue weighted by molar-refractivity contribution is -0.359. The lowest BCUT2D eigenvalue weighted by Crippen LogP contribution is -2.65. The molecule has 14 nitrogen and oxygen atoms in total. The van der Waals surface area contributed by atoms with E-state index in [1.807, 2.05) is 6.08 Å². The Morgan fingerprint density at radius 2 is 0.621 bits per heavy atom. The van der Waals surface area contributed by atoms with Gasteiger partial charge >= 0.3 is 0 Å². The number of allylic oxidation sites excluding steroid dienone is 5. The van der Waals surface area contributed by atoms with Gasteiger partial charge in [0.2, 0.25) is 5.91 Å². The summed E-state index contributed by atoms with van der Waals surface area (Å²) in [6.45, 7) is 2.86. The number of carbonyl (C=O) groups excluding carboxylic acids is 1. The third-order valence-corrected chi connectivity index (χ3v) is 22.1. The van der Waals surface area contributed by atoms with E-state index in [9.17, 15) is 45.6 Å². The first-order valence-electron chi connectivity index (χ1n) is 44.7. The van der Waals surface area contributed by atoms with Gasteiger partial charge in [0.1, 0.15) is 48.8 Å². The van der Waals surface area contributed by atoms with E-state index >= 15 is 0 Å². The molecule has 14 heteroatoms. The molecule has 0 aromatic heterocycles. The van der Waals surface area contributed by atoms with E-state index in [-0.39, 0.29) is 18.9 Å². The van der Waals surface area contributed by atoms with Crippen LogP contribution in [-0.2, 0) is 23.7 Å². The number of amides is 1. The van der Waals surface area contributed by atoms with Crippen molar-refractivity contribution in [2.24, 2.45) is 0 Å². The van der Waals surface area contributed by atoms with E-state index in [0.29, 0.717) is 12.8 Å². The average molecular weight is 1460 g/mol. The maximum absolute atomic E-state index is 13.4. The molecule has 0 radical (unpaired) electrons. The number of unbranched alkanes of at least 4 members (excludes halogenated alkanes) is 60. The molecular formula is C89H169NO13. The number of hydrogen-bond acceptors (Lipinski definition) is 13. The molecule has 608 valence electrons. The van der Waals surface area contributed by atoms with Gasteiger partial charge in [0, 0.05) is 6.42 Å². The van der Waals surface area contributed by atoms with Gasteiger partial charge in [0.25, 0.3) is 0 Å². The van der Waals surface area contributed by atoms with Crippen LogP contribution in [0.15, 0.2) is 36.5 Å². The van der Waals surface area contributed by atoms with Crippen LogP contribution in [0.4, 0.5) is 0 Å². The zero-order valence-electron chi connectivity index (χ0n) is 67.1. The highest BCUT2D eigenvalue weighted by Gasteiger charge is 2.51. The summed E-state index contributed by atoms with van der Waals surface area (Å²) < 4.78 is 22.9. The van der Waals surface area contributed by atoms with Gasteiger partial charge in [-0.3, -0.25) is 4.79 Å². The van der Waals surface area contributed by atoms with Crippen molar-refractivity contribution in [1.29, 1.82) is 0 Å². The molecule has 2 fully saturated rings.